The van der Waals surface area contributed by atoms with Gasteiger partial charge >= 0.3 is 5.97 Å². The van der Waals surface area contributed by atoms with Crippen LogP contribution in [0.15, 0.2) is 47.6 Å². The van der Waals surface area contributed by atoms with Crippen molar-refractivity contribution in [2.24, 2.45) is 41.4 Å². The molecule has 2 saturated heterocycles. The fraction of sp³-hybridized carbons (Fsp3) is 0.750. The molecule has 0 aromatic carbocycles. The summed E-state index contributed by atoms with van der Waals surface area (Å²) in [5.41, 5.74) is 1.38. The highest BCUT2D eigenvalue weighted by atomic mass is 16.6. The first kappa shape index (κ1) is 57.0. The summed E-state index contributed by atoms with van der Waals surface area (Å²) in [6, 6.07) is -1.12. The number of carbonyl (C=O) groups excluding carboxylic acids is 4. The molecule has 0 spiro atoms. The van der Waals surface area contributed by atoms with E-state index in [2.05, 4.69) is 13.8 Å². The van der Waals surface area contributed by atoms with Crippen molar-refractivity contribution in [1.82, 2.24) is 4.90 Å². The molecule has 0 aromatic heterocycles. The summed E-state index contributed by atoms with van der Waals surface area (Å²) in [5, 5.41) is 42.5. The predicted octanol–water partition coefficient (Wildman–Crippen LogP) is 6.98. The molecular formula is C52H83NO13. The summed E-state index contributed by atoms with van der Waals surface area (Å²) in [7, 11) is 4.61. The summed E-state index contributed by atoms with van der Waals surface area (Å²) in [5.74, 6) is -6.43. The summed E-state index contributed by atoms with van der Waals surface area (Å²) >= 11 is 0. The maximum Gasteiger partial charge on any atom is 0.326 e. The third-order valence-corrected chi connectivity index (χ3v) is 14.7. The number of rotatable bonds is 25. The van der Waals surface area contributed by atoms with Gasteiger partial charge in [-0.1, -0.05) is 78.0 Å². The number of aliphatic hydroxyl groups excluding tert-OH is 2. The van der Waals surface area contributed by atoms with E-state index >= 15 is 0 Å². The number of aliphatic hydroxyl groups is 3. The lowest BCUT2D eigenvalue weighted by Gasteiger charge is -2.42. The van der Waals surface area contributed by atoms with Gasteiger partial charge < -0.3 is 44.3 Å². The van der Waals surface area contributed by atoms with Crippen molar-refractivity contribution in [3.63, 3.8) is 0 Å². The molecule has 4 N–H and O–H groups in total. The lowest BCUT2D eigenvalue weighted by Crippen LogP contribution is -2.60. The van der Waals surface area contributed by atoms with E-state index in [1.807, 2.05) is 58.1 Å². The molecule has 14 heteroatoms. The maximum absolute atomic E-state index is 13.6. The number of likely N-dealkylation sites (tertiary alicyclic amines) is 1. The summed E-state index contributed by atoms with van der Waals surface area (Å²) in [6.07, 6.45) is 14.6. The molecule has 0 bridgehead atoms. The van der Waals surface area contributed by atoms with Crippen molar-refractivity contribution in [2.45, 2.75) is 181 Å². The molecular weight excluding hydrogens is 847 g/mol. The number of carboxylic acid groups (broad SMARTS) is 1. The lowest BCUT2D eigenvalue weighted by molar-refractivity contribution is -0.265. The Kier molecular flexibility index (Phi) is 23.3. The van der Waals surface area contributed by atoms with Crippen molar-refractivity contribution in [2.75, 3.05) is 27.9 Å². The minimum absolute atomic E-state index is 0.0222. The third kappa shape index (κ3) is 15.8. The average Bonchev–Trinajstić information content (AvgIpc) is 3.28. The van der Waals surface area contributed by atoms with Gasteiger partial charge in [0.2, 0.25) is 5.79 Å². The van der Waals surface area contributed by atoms with E-state index in [9.17, 15) is 44.4 Å². The second kappa shape index (κ2) is 27.0. The van der Waals surface area contributed by atoms with Crippen LogP contribution in [0.2, 0.25) is 0 Å². The zero-order valence-electron chi connectivity index (χ0n) is 41.6. The molecule has 8 unspecified atom stereocenters. The van der Waals surface area contributed by atoms with Gasteiger partial charge in [0.1, 0.15) is 24.0 Å². The van der Waals surface area contributed by atoms with Crippen LogP contribution in [0, 0.1) is 41.4 Å². The van der Waals surface area contributed by atoms with E-state index in [1.54, 1.807) is 34.1 Å². The fourth-order valence-electron chi connectivity index (χ4n) is 9.94. The number of ether oxygens (including phenoxy) is 4. The number of allylic oxidation sites excluding steroid dienone is 6. The van der Waals surface area contributed by atoms with Gasteiger partial charge in [-0.3, -0.25) is 19.2 Å². The molecule has 3 aliphatic rings. The Morgan fingerprint density at radius 2 is 1.56 bits per heavy atom. The second-order valence-corrected chi connectivity index (χ2v) is 19.9. The number of aliphatic carboxylic acids is 1. The van der Waals surface area contributed by atoms with E-state index in [1.165, 1.54) is 7.11 Å². The monoisotopic (exact) mass is 930 g/mol. The SMILES string of the molecule is COC(CC1CC[C@@H](C)C(O)(C(=O)C(=O)N2CCCC[C@H]2C(=O)O)O1)/C(C)=C/C=C/C=C/[C@@H](C)C[C@@H](C)C(=O)C(OC)C(O)/C(C)=C/[C@@H](C)C(=O)C[C@H](C)[C@H](C)CC1CCC(O)C(OC)C1. The number of Topliss-reactive ketones (excluding diaryl/α,β-unsaturated/α-hetero) is 3. The van der Waals surface area contributed by atoms with Gasteiger partial charge in [0.05, 0.1) is 24.4 Å². The Balaban J connectivity index is 1.50. The first-order valence-electron chi connectivity index (χ1n) is 24.3. The number of hydrogen-bond donors (Lipinski definition) is 4. The topological polar surface area (TPSA) is 206 Å². The van der Waals surface area contributed by atoms with Crippen molar-refractivity contribution < 1.29 is 63.3 Å². The number of nitrogens with zero attached hydrogens (tertiary/aromatic N) is 1. The van der Waals surface area contributed by atoms with Crippen molar-refractivity contribution in [3.8, 4) is 0 Å². The van der Waals surface area contributed by atoms with Crippen LogP contribution in [-0.4, -0.2) is 131 Å². The summed E-state index contributed by atoms with van der Waals surface area (Å²) < 4.78 is 22.8. The number of piperidine rings is 1. The maximum atomic E-state index is 13.6. The number of ketones is 3. The first-order valence-corrected chi connectivity index (χ1v) is 24.3. The average molecular weight is 930 g/mol. The molecule has 2 aliphatic heterocycles. The molecule has 3 fully saturated rings. The van der Waals surface area contributed by atoms with Gasteiger partial charge in [0, 0.05) is 58.5 Å². The minimum Gasteiger partial charge on any atom is -0.480 e. The van der Waals surface area contributed by atoms with Crippen LogP contribution in [-0.2, 0) is 42.9 Å². The lowest BCUT2D eigenvalue weighted by atomic mass is 9.76. The van der Waals surface area contributed by atoms with Crippen molar-refractivity contribution >= 4 is 29.2 Å². The van der Waals surface area contributed by atoms with Crippen LogP contribution in [0.5, 0.6) is 0 Å². The van der Waals surface area contributed by atoms with E-state index in [0.717, 1.165) is 36.2 Å². The molecule has 0 aromatic rings. The number of carbonyl (C=O) groups is 5. The number of carboxylic acids is 1. The van der Waals surface area contributed by atoms with Crippen LogP contribution >= 0.6 is 0 Å². The van der Waals surface area contributed by atoms with Crippen LogP contribution < -0.4 is 0 Å². The number of hydrogen-bond acceptors (Lipinski definition) is 12. The van der Waals surface area contributed by atoms with Crippen LogP contribution in [0.25, 0.3) is 0 Å². The Morgan fingerprint density at radius 3 is 2.20 bits per heavy atom. The standard InChI is InChI=1S/C52H83NO13/c1-31(25-36(6)46(56)48(65-11)47(57)37(7)26-35(5)43(55)28-34(4)33(3)27-39-21-23-42(54)45(29-39)64-10)17-13-12-14-18-32(2)44(63-9)30-40-22-20-38(8)52(62,66-40)49(58)50(59)53-24-16-15-19-41(53)51(60)61/h12-14,17-18,26,31,33-36,38-42,44-45,47-48,54,57,62H,15-16,19-25,27-30H2,1-11H3,(H,60,61)/b14-12+,17-13+,32-18+,37-26+/t31-,33-,34+,35-,36-,38-,39?,40?,41+,42?,44?,45?,47?,48?,52?/m1/s1. The Hall–Kier alpha value is -3.37. The Bertz CT molecular complexity index is 1740. The van der Waals surface area contributed by atoms with Crippen LogP contribution in [0.4, 0.5) is 0 Å². The molecule has 0 radical (unpaired) electrons. The largest absolute Gasteiger partial charge is 0.480 e. The number of methoxy groups -OCH3 is 3. The zero-order valence-corrected chi connectivity index (χ0v) is 41.6. The molecule has 1 aliphatic carbocycles. The van der Waals surface area contributed by atoms with Crippen molar-refractivity contribution in [1.29, 1.82) is 0 Å². The molecule has 374 valence electrons. The van der Waals surface area contributed by atoms with E-state index in [0.29, 0.717) is 62.4 Å². The van der Waals surface area contributed by atoms with E-state index in [4.69, 9.17) is 18.9 Å². The zero-order chi connectivity index (χ0) is 49.5. The summed E-state index contributed by atoms with van der Waals surface area (Å²) in [6.45, 7) is 15.3. The normalized spacial score (nSPS) is 29.5. The Labute approximate surface area is 394 Å². The predicted molar refractivity (Wildman–Crippen MR) is 252 cm³/mol. The summed E-state index contributed by atoms with van der Waals surface area (Å²) in [4.78, 5) is 66.4. The Morgan fingerprint density at radius 1 is 0.864 bits per heavy atom. The van der Waals surface area contributed by atoms with E-state index in [-0.39, 0.29) is 42.5 Å². The highest BCUT2D eigenvalue weighted by molar-refractivity contribution is 6.39. The van der Waals surface area contributed by atoms with Crippen molar-refractivity contribution in [3.05, 3.63) is 47.6 Å². The highest BCUT2D eigenvalue weighted by Gasteiger charge is 2.52. The van der Waals surface area contributed by atoms with Crippen LogP contribution in [0.3, 0.4) is 0 Å². The van der Waals surface area contributed by atoms with Gasteiger partial charge in [-0.05, 0) is 113 Å². The third-order valence-electron chi connectivity index (χ3n) is 14.7. The molecule has 1 saturated carbocycles. The molecule has 15 atom stereocenters. The minimum atomic E-state index is -2.38. The van der Waals surface area contributed by atoms with E-state index < -0.39 is 77.8 Å². The highest BCUT2D eigenvalue weighted by Crippen LogP contribution is 2.37. The fourth-order valence-corrected chi connectivity index (χ4v) is 9.94. The van der Waals surface area contributed by atoms with Gasteiger partial charge in [0.15, 0.2) is 5.78 Å². The number of amides is 1. The van der Waals surface area contributed by atoms with Gasteiger partial charge in [0.25, 0.3) is 11.7 Å². The molecule has 66 heavy (non-hydrogen) atoms. The van der Waals surface area contributed by atoms with Gasteiger partial charge in [-0.25, -0.2) is 4.79 Å². The smallest absolute Gasteiger partial charge is 0.326 e. The first-order chi connectivity index (χ1) is 31.1. The molecule has 3 rings (SSSR count). The molecule has 2 heterocycles. The molecule has 1 amide bonds. The van der Waals surface area contributed by atoms with Gasteiger partial charge in [-0.2, -0.15) is 0 Å². The van der Waals surface area contributed by atoms with Gasteiger partial charge in [-0.15, -0.1) is 0 Å². The second-order valence-electron chi connectivity index (χ2n) is 19.9. The quantitative estimate of drug-likeness (QED) is 0.0415. The molecule has 14 nitrogen and oxygen atoms in total. The van der Waals surface area contributed by atoms with Crippen LogP contribution in [0.1, 0.15) is 132 Å².